The molecule has 0 aliphatic heterocycles. The Bertz CT molecular complexity index is 297. The van der Waals surface area contributed by atoms with Gasteiger partial charge in [-0.2, -0.15) is 5.26 Å². The van der Waals surface area contributed by atoms with Crippen LogP contribution >= 0.6 is 11.8 Å². The highest BCUT2D eigenvalue weighted by atomic mass is 32.2. The molecule has 0 heterocycles. The van der Waals surface area contributed by atoms with Gasteiger partial charge in [0, 0.05) is 11.3 Å². The molecule has 0 aliphatic rings. The van der Waals surface area contributed by atoms with Crippen molar-refractivity contribution in [2.45, 2.75) is 31.1 Å². The van der Waals surface area contributed by atoms with Crippen LogP contribution in [-0.2, 0) is 0 Å². The lowest BCUT2D eigenvalue weighted by Crippen LogP contribution is -1.80. The van der Waals surface area contributed by atoms with Crippen molar-refractivity contribution < 1.29 is 0 Å². The minimum absolute atomic E-state index is 0.689. The molecule has 0 atom stereocenters. The summed E-state index contributed by atoms with van der Waals surface area (Å²) in [6.45, 7) is 2.10. The van der Waals surface area contributed by atoms with E-state index in [1.54, 1.807) is 0 Å². The summed E-state index contributed by atoms with van der Waals surface area (Å²) in [5, 5.41) is 8.36. The lowest BCUT2D eigenvalue weighted by atomic mass is 10.2. The van der Waals surface area contributed by atoms with Crippen LogP contribution in [0.15, 0.2) is 29.2 Å². The fourth-order valence-corrected chi connectivity index (χ4v) is 2.04. The van der Waals surface area contributed by atoms with Gasteiger partial charge < -0.3 is 0 Å². The zero-order valence-corrected chi connectivity index (χ0v) is 9.31. The lowest BCUT2D eigenvalue weighted by molar-refractivity contribution is 0.830. The Labute approximate surface area is 90.1 Å². The molecule has 0 unspecified atom stereocenters. The van der Waals surface area contributed by atoms with Crippen LogP contribution in [0.25, 0.3) is 0 Å². The highest BCUT2D eigenvalue weighted by Crippen LogP contribution is 2.19. The van der Waals surface area contributed by atoms with Gasteiger partial charge in [-0.1, -0.05) is 17.7 Å². The van der Waals surface area contributed by atoms with E-state index in [-0.39, 0.29) is 0 Å². The second-order valence-electron chi connectivity index (χ2n) is 3.28. The van der Waals surface area contributed by atoms with E-state index in [4.69, 9.17) is 5.26 Å². The monoisotopic (exact) mass is 205 g/mol. The molecule has 1 aromatic rings. The fourth-order valence-electron chi connectivity index (χ4n) is 1.13. The normalized spacial score (nSPS) is 9.71. The van der Waals surface area contributed by atoms with Crippen LogP contribution < -0.4 is 0 Å². The van der Waals surface area contributed by atoms with Gasteiger partial charge in [0.2, 0.25) is 0 Å². The van der Waals surface area contributed by atoms with E-state index >= 15 is 0 Å². The van der Waals surface area contributed by atoms with Crippen molar-refractivity contribution >= 4 is 11.8 Å². The summed E-state index contributed by atoms with van der Waals surface area (Å²) < 4.78 is 0. The molecular weight excluding hydrogens is 190 g/mol. The molecule has 1 rings (SSSR count). The summed E-state index contributed by atoms with van der Waals surface area (Å²) in [4.78, 5) is 1.33. The molecule has 74 valence electrons. The summed E-state index contributed by atoms with van der Waals surface area (Å²) in [7, 11) is 0. The second-order valence-corrected chi connectivity index (χ2v) is 4.45. The van der Waals surface area contributed by atoms with Gasteiger partial charge in [0.15, 0.2) is 0 Å². The Hall–Kier alpha value is -0.940. The number of hydrogen-bond donors (Lipinski definition) is 0. The summed E-state index contributed by atoms with van der Waals surface area (Å²) in [6.07, 6.45) is 2.84. The van der Waals surface area contributed by atoms with Crippen molar-refractivity contribution in [2.24, 2.45) is 0 Å². The number of aryl methyl sites for hydroxylation is 1. The number of unbranched alkanes of at least 4 members (excludes halogenated alkanes) is 2. The highest BCUT2D eigenvalue weighted by Gasteiger charge is 1.93. The number of benzene rings is 1. The second kappa shape index (κ2) is 6.50. The lowest BCUT2D eigenvalue weighted by Gasteiger charge is -2.00. The molecule has 2 heteroatoms. The maximum Gasteiger partial charge on any atom is 0.0621 e. The van der Waals surface area contributed by atoms with Crippen molar-refractivity contribution in [1.82, 2.24) is 0 Å². The maximum absolute atomic E-state index is 8.36. The zero-order chi connectivity index (χ0) is 10.2. The van der Waals surface area contributed by atoms with E-state index in [9.17, 15) is 0 Å². The van der Waals surface area contributed by atoms with Crippen LogP contribution in [0.3, 0.4) is 0 Å². The van der Waals surface area contributed by atoms with E-state index < -0.39 is 0 Å². The molecule has 0 aromatic heterocycles. The Morgan fingerprint density at radius 1 is 1.21 bits per heavy atom. The van der Waals surface area contributed by atoms with Crippen molar-refractivity contribution in [3.05, 3.63) is 29.8 Å². The minimum atomic E-state index is 0.689. The maximum atomic E-state index is 8.36. The third-order valence-corrected chi connectivity index (χ3v) is 3.07. The quantitative estimate of drug-likeness (QED) is 0.539. The number of hydrogen-bond acceptors (Lipinski definition) is 2. The van der Waals surface area contributed by atoms with E-state index in [1.807, 2.05) is 11.8 Å². The van der Waals surface area contributed by atoms with Gasteiger partial charge in [-0.15, -0.1) is 11.8 Å². The summed E-state index contributed by atoms with van der Waals surface area (Å²) >= 11 is 1.87. The van der Waals surface area contributed by atoms with Gasteiger partial charge in [-0.05, 0) is 37.7 Å². The fraction of sp³-hybridized carbons (Fsp3) is 0.417. The molecule has 0 fully saturated rings. The SMILES string of the molecule is Cc1ccc(SCCCCC#N)cc1. The van der Waals surface area contributed by atoms with E-state index in [1.165, 1.54) is 10.5 Å². The number of thioether (sulfide) groups is 1. The van der Waals surface area contributed by atoms with Gasteiger partial charge >= 0.3 is 0 Å². The molecule has 0 bridgehead atoms. The van der Waals surface area contributed by atoms with Crippen molar-refractivity contribution in [3.8, 4) is 6.07 Å². The predicted molar refractivity (Wildman–Crippen MR) is 61.4 cm³/mol. The Morgan fingerprint density at radius 3 is 2.57 bits per heavy atom. The van der Waals surface area contributed by atoms with Gasteiger partial charge in [-0.3, -0.25) is 0 Å². The molecule has 0 saturated carbocycles. The molecule has 14 heavy (non-hydrogen) atoms. The van der Waals surface area contributed by atoms with E-state index in [2.05, 4.69) is 37.3 Å². The number of rotatable bonds is 5. The Balaban J connectivity index is 2.19. The van der Waals surface area contributed by atoms with Crippen LogP contribution in [0, 0.1) is 18.3 Å². The summed E-state index contributed by atoms with van der Waals surface area (Å²) in [6, 6.07) is 10.8. The standard InChI is InChI=1S/C12H15NS/c1-11-5-7-12(8-6-11)14-10-4-2-3-9-13/h5-8H,2-4,10H2,1H3. The predicted octanol–water partition coefficient (Wildman–Crippen LogP) is 3.78. The van der Waals surface area contributed by atoms with Gasteiger partial charge in [0.25, 0.3) is 0 Å². The first-order valence-corrected chi connectivity index (χ1v) is 5.88. The average molecular weight is 205 g/mol. The zero-order valence-electron chi connectivity index (χ0n) is 8.49. The molecular formula is C12H15NS. The minimum Gasteiger partial charge on any atom is -0.198 e. The first-order valence-electron chi connectivity index (χ1n) is 4.89. The first-order chi connectivity index (χ1) is 6.83. The topological polar surface area (TPSA) is 23.8 Å². The molecule has 0 aliphatic carbocycles. The van der Waals surface area contributed by atoms with Crippen molar-refractivity contribution in [2.75, 3.05) is 5.75 Å². The molecule has 0 radical (unpaired) electrons. The van der Waals surface area contributed by atoms with Crippen LogP contribution in [-0.4, -0.2) is 5.75 Å². The van der Waals surface area contributed by atoms with E-state index in [0.717, 1.165) is 18.6 Å². The average Bonchev–Trinajstić information content (AvgIpc) is 2.21. The van der Waals surface area contributed by atoms with Crippen molar-refractivity contribution in [1.29, 1.82) is 5.26 Å². The number of nitriles is 1. The first kappa shape index (κ1) is 11.1. The Morgan fingerprint density at radius 2 is 1.93 bits per heavy atom. The molecule has 0 amide bonds. The van der Waals surface area contributed by atoms with Crippen LogP contribution in [0.4, 0.5) is 0 Å². The molecule has 1 nitrogen and oxygen atoms in total. The molecule has 0 N–H and O–H groups in total. The third-order valence-electron chi connectivity index (χ3n) is 1.97. The Kier molecular flexibility index (Phi) is 5.17. The largest absolute Gasteiger partial charge is 0.198 e. The van der Waals surface area contributed by atoms with Gasteiger partial charge in [-0.25, -0.2) is 0 Å². The van der Waals surface area contributed by atoms with Crippen LogP contribution in [0.1, 0.15) is 24.8 Å². The summed E-state index contributed by atoms with van der Waals surface area (Å²) in [5.74, 6) is 1.12. The van der Waals surface area contributed by atoms with Gasteiger partial charge in [0.05, 0.1) is 6.07 Å². The molecule has 1 aromatic carbocycles. The molecule has 0 spiro atoms. The molecule has 0 saturated heterocycles. The van der Waals surface area contributed by atoms with E-state index in [0.29, 0.717) is 6.42 Å². The summed E-state index contributed by atoms with van der Waals surface area (Å²) in [5.41, 5.74) is 1.30. The van der Waals surface area contributed by atoms with Gasteiger partial charge in [0.1, 0.15) is 0 Å². The van der Waals surface area contributed by atoms with Crippen LogP contribution in [0.5, 0.6) is 0 Å². The smallest absolute Gasteiger partial charge is 0.0621 e. The van der Waals surface area contributed by atoms with Crippen molar-refractivity contribution in [3.63, 3.8) is 0 Å². The highest BCUT2D eigenvalue weighted by molar-refractivity contribution is 7.99. The number of nitrogens with zero attached hydrogens (tertiary/aromatic N) is 1. The third kappa shape index (κ3) is 4.34. The van der Waals surface area contributed by atoms with Crippen LogP contribution in [0.2, 0.25) is 0 Å².